The third-order valence-electron chi connectivity index (χ3n) is 17.2. The van der Waals surface area contributed by atoms with Crippen molar-refractivity contribution in [3.8, 4) is 0 Å². The van der Waals surface area contributed by atoms with Gasteiger partial charge < -0.3 is 20.3 Å². The summed E-state index contributed by atoms with van der Waals surface area (Å²) in [4.78, 5) is 24.6. The maximum absolute atomic E-state index is 12.5. The molecule has 0 radical (unpaired) electrons. The van der Waals surface area contributed by atoms with Crippen molar-refractivity contribution in [2.45, 2.75) is 418 Å². The van der Waals surface area contributed by atoms with Gasteiger partial charge in [-0.15, -0.1) is 0 Å². The largest absolute Gasteiger partial charge is 0.466 e. The molecule has 0 aromatic carbocycles. The molecule has 3 N–H and O–H groups in total. The number of rotatable bonds is 69. The fourth-order valence-electron chi connectivity index (χ4n) is 11.6. The first-order chi connectivity index (χ1) is 40.0. The van der Waals surface area contributed by atoms with Crippen molar-refractivity contribution in [2.75, 3.05) is 13.2 Å². The molecule has 0 aromatic heterocycles. The number of nitrogens with one attached hydrogen (secondary N) is 1. The Bertz CT molecular complexity index is 1310. The van der Waals surface area contributed by atoms with Gasteiger partial charge in [-0.3, -0.25) is 9.59 Å². The Morgan fingerprint density at radius 3 is 0.963 bits per heavy atom. The van der Waals surface area contributed by atoms with Gasteiger partial charge in [0.15, 0.2) is 0 Å². The zero-order chi connectivity index (χ0) is 58.5. The second-order valence-electron chi connectivity index (χ2n) is 25.3. The summed E-state index contributed by atoms with van der Waals surface area (Å²) < 4.78 is 5.49. The molecule has 0 spiro atoms. The Kier molecular flexibility index (Phi) is 68.9. The van der Waals surface area contributed by atoms with E-state index in [2.05, 4.69) is 55.6 Å². The predicted octanol–water partition coefficient (Wildman–Crippen LogP) is 23.9. The van der Waals surface area contributed by atoms with E-state index in [4.69, 9.17) is 4.74 Å². The van der Waals surface area contributed by atoms with E-state index in [1.165, 1.54) is 321 Å². The lowest BCUT2D eigenvalue weighted by Gasteiger charge is -2.22. The van der Waals surface area contributed by atoms with Crippen LogP contribution in [-0.4, -0.2) is 47.4 Å². The van der Waals surface area contributed by atoms with Crippen molar-refractivity contribution in [1.29, 1.82) is 0 Å². The average Bonchev–Trinajstić information content (AvgIpc) is 3.47. The Hall–Kier alpha value is -1.92. The first-order valence-electron chi connectivity index (χ1n) is 36.7. The minimum absolute atomic E-state index is 0.00294. The summed E-state index contributed by atoms with van der Waals surface area (Å²) in [6.45, 7) is 4.97. The molecule has 0 aliphatic rings. The molecule has 478 valence electrons. The number of amides is 1. The molecule has 0 heterocycles. The smallest absolute Gasteiger partial charge is 0.305 e. The highest BCUT2D eigenvalue weighted by molar-refractivity contribution is 5.76. The highest BCUT2D eigenvalue weighted by Gasteiger charge is 2.20. The summed E-state index contributed by atoms with van der Waals surface area (Å²) in [6, 6.07) is -0.543. The van der Waals surface area contributed by atoms with Crippen LogP contribution in [0, 0.1) is 0 Å². The van der Waals surface area contributed by atoms with Crippen molar-refractivity contribution in [1.82, 2.24) is 5.32 Å². The predicted molar refractivity (Wildman–Crippen MR) is 356 cm³/mol. The number of carbonyl (C=O) groups is 2. The molecule has 0 saturated carbocycles. The quantitative estimate of drug-likeness (QED) is 0.0320. The van der Waals surface area contributed by atoms with Crippen LogP contribution in [0.2, 0.25) is 0 Å². The summed E-state index contributed by atoms with van der Waals surface area (Å²) >= 11 is 0. The number of allylic oxidation sites excluding steroid dienone is 6. The van der Waals surface area contributed by atoms with Gasteiger partial charge in [0.25, 0.3) is 0 Å². The second kappa shape index (κ2) is 70.6. The van der Waals surface area contributed by atoms with Gasteiger partial charge >= 0.3 is 5.97 Å². The van der Waals surface area contributed by atoms with Crippen LogP contribution in [0.3, 0.4) is 0 Å². The van der Waals surface area contributed by atoms with Gasteiger partial charge in [-0.25, -0.2) is 0 Å². The van der Waals surface area contributed by atoms with Crippen LogP contribution in [0.15, 0.2) is 36.5 Å². The van der Waals surface area contributed by atoms with E-state index >= 15 is 0 Å². The van der Waals surface area contributed by atoms with E-state index in [0.717, 1.165) is 51.4 Å². The summed E-state index contributed by atoms with van der Waals surface area (Å²) in [6.07, 6.45) is 90.6. The second-order valence-corrected chi connectivity index (χ2v) is 25.3. The molecule has 1 amide bonds. The van der Waals surface area contributed by atoms with Crippen molar-refractivity contribution >= 4 is 11.9 Å². The van der Waals surface area contributed by atoms with Crippen LogP contribution < -0.4 is 5.32 Å². The van der Waals surface area contributed by atoms with Crippen LogP contribution in [0.1, 0.15) is 406 Å². The number of aliphatic hydroxyl groups excluding tert-OH is 2. The maximum Gasteiger partial charge on any atom is 0.305 e. The number of hydrogen-bond donors (Lipinski definition) is 3. The van der Waals surface area contributed by atoms with E-state index in [0.29, 0.717) is 25.9 Å². The van der Waals surface area contributed by atoms with E-state index in [1.807, 2.05) is 0 Å². The van der Waals surface area contributed by atoms with Crippen molar-refractivity contribution in [3.05, 3.63) is 36.5 Å². The fourth-order valence-corrected chi connectivity index (χ4v) is 11.6. The topological polar surface area (TPSA) is 95.9 Å². The van der Waals surface area contributed by atoms with Crippen molar-refractivity contribution in [3.63, 3.8) is 0 Å². The van der Waals surface area contributed by atoms with Gasteiger partial charge in [0.05, 0.1) is 25.4 Å². The number of carbonyl (C=O) groups excluding carboxylic acids is 2. The monoisotopic (exact) mass is 1140 g/mol. The molecule has 0 aromatic rings. The first-order valence-corrected chi connectivity index (χ1v) is 36.7. The molecule has 0 fully saturated rings. The summed E-state index contributed by atoms with van der Waals surface area (Å²) in [5.74, 6) is -0.0280. The Labute approximate surface area is 506 Å². The number of unbranched alkanes of at least 4 members (excludes halogenated alkanes) is 52. The van der Waals surface area contributed by atoms with Crippen LogP contribution in [0.5, 0.6) is 0 Å². The molecule has 0 aliphatic heterocycles. The summed E-state index contributed by atoms with van der Waals surface area (Å²) in [5, 5.41) is 23.4. The van der Waals surface area contributed by atoms with Gasteiger partial charge in [-0.2, -0.15) is 0 Å². The third-order valence-corrected chi connectivity index (χ3v) is 17.2. The zero-order valence-electron chi connectivity index (χ0n) is 54.8. The zero-order valence-corrected chi connectivity index (χ0v) is 54.8. The molecule has 2 unspecified atom stereocenters. The Balaban J connectivity index is 3.38. The molecule has 6 nitrogen and oxygen atoms in total. The lowest BCUT2D eigenvalue weighted by Crippen LogP contribution is -2.45. The van der Waals surface area contributed by atoms with Crippen LogP contribution in [0.25, 0.3) is 0 Å². The van der Waals surface area contributed by atoms with Gasteiger partial charge in [0.1, 0.15) is 0 Å². The maximum atomic E-state index is 12.5. The normalized spacial score (nSPS) is 12.7. The van der Waals surface area contributed by atoms with Crippen LogP contribution in [0.4, 0.5) is 0 Å². The minimum atomic E-state index is -0.665. The van der Waals surface area contributed by atoms with Gasteiger partial charge in [-0.05, 0) is 83.5 Å². The van der Waals surface area contributed by atoms with E-state index in [-0.39, 0.29) is 18.5 Å². The summed E-state index contributed by atoms with van der Waals surface area (Å²) in [7, 11) is 0. The SMILES string of the molecule is CCCCCC/C=C\C/C=C\CCCCCCCC(=O)OCCCCCCCCCCCCCC/C=C\CCCCCCCCCCCCCCC(=O)NC(CO)C(O)CCCCCCCCCCCCCCCCCCCCCC. The highest BCUT2D eigenvalue weighted by atomic mass is 16.5. The molecular weight excluding hydrogens is 995 g/mol. The minimum Gasteiger partial charge on any atom is -0.466 e. The number of esters is 1. The summed E-state index contributed by atoms with van der Waals surface area (Å²) in [5.41, 5.74) is 0. The molecule has 0 bridgehead atoms. The molecule has 0 rings (SSSR count). The van der Waals surface area contributed by atoms with Gasteiger partial charge in [-0.1, -0.05) is 346 Å². The lowest BCUT2D eigenvalue weighted by atomic mass is 10.0. The lowest BCUT2D eigenvalue weighted by molar-refractivity contribution is -0.143. The van der Waals surface area contributed by atoms with Gasteiger partial charge in [0, 0.05) is 12.8 Å². The first kappa shape index (κ1) is 79.1. The Morgan fingerprint density at radius 2 is 0.617 bits per heavy atom. The molecule has 0 aliphatic carbocycles. The molecule has 0 saturated heterocycles. The highest BCUT2D eigenvalue weighted by Crippen LogP contribution is 2.19. The standard InChI is InChI=1S/C75H143NO5/c1-3-5-7-9-11-13-15-17-19-21-22-33-36-39-43-47-51-55-59-63-67-73(78)72(71-77)76-74(79)68-64-60-56-52-48-44-40-37-34-31-29-27-25-23-24-26-28-30-32-35-38-42-46-50-54-58-62-66-70-81-75(80)69-65-61-57-53-49-45-41-20-18-16-14-12-10-8-6-4-2/h14,16,20,23-24,41,72-73,77-78H,3-13,15,17-19,21-22,25-40,42-71H2,1-2H3,(H,76,79)/b16-14-,24-23-,41-20-. The molecule has 81 heavy (non-hydrogen) atoms. The number of ether oxygens (including phenoxy) is 1. The molecule has 6 heteroatoms. The number of aliphatic hydroxyl groups is 2. The van der Waals surface area contributed by atoms with Crippen molar-refractivity contribution in [2.24, 2.45) is 0 Å². The molecule has 2 atom stereocenters. The Morgan fingerprint density at radius 1 is 0.346 bits per heavy atom. The third kappa shape index (κ3) is 67.1. The van der Waals surface area contributed by atoms with Crippen molar-refractivity contribution < 1.29 is 24.5 Å². The van der Waals surface area contributed by atoms with Crippen LogP contribution in [-0.2, 0) is 14.3 Å². The van der Waals surface area contributed by atoms with Gasteiger partial charge in [0.2, 0.25) is 5.91 Å². The van der Waals surface area contributed by atoms with Crippen LogP contribution >= 0.6 is 0 Å². The molecular formula is C75H143NO5. The van der Waals surface area contributed by atoms with E-state index in [1.54, 1.807) is 0 Å². The van der Waals surface area contributed by atoms with E-state index in [9.17, 15) is 19.8 Å². The fraction of sp³-hybridized carbons (Fsp3) is 0.893. The average molecular weight is 1140 g/mol. The number of hydrogen-bond acceptors (Lipinski definition) is 5. The van der Waals surface area contributed by atoms with E-state index < -0.39 is 12.1 Å².